The lowest BCUT2D eigenvalue weighted by Gasteiger charge is -2.03. The van der Waals surface area contributed by atoms with E-state index in [0.717, 1.165) is 6.42 Å². The minimum absolute atomic E-state index is 0.224. The summed E-state index contributed by atoms with van der Waals surface area (Å²) in [5.41, 5.74) is 10.5. The van der Waals surface area contributed by atoms with Gasteiger partial charge in [0.05, 0.1) is 12.8 Å². The number of rotatable bonds is 5. The van der Waals surface area contributed by atoms with E-state index in [2.05, 4.69) is 4.74 Å². The molecule has 0 radical (unpaired) electrons. The van der Waals surface area contributed by atoms with Crippen LogP contribution in [0.15, 0.2) is 0 Å². The Bertz CT molecular complexity index is 116. The molecular formula is C6H14N2O3. The summed E-state index contributed by atoms with van der Waals surface area (Å²) in [7, 11) is 0. The first kappa shape index (κ1) is 10.2. The van der Waals surface area contributed by atoms with Gasteiger partial charge >= 0.3 is 6.16 Å². The summed E-state index contributed by atoms with van der Waals surface area (Å²) in [4.78, 5) is 9.82. The smallest absolute Gasteiger partial charge is 0.450 e. The van der Waals surface area contributed by atoms with E-state index in [1.165, 1.54) is 0 Å². The van der Waals surface area contributed by atoms with Gasteiger partial charge in [-0.2, -0.15) is 0 Å². The average Bonchev–Trinajstić information content (AvgIpc) is 1.85. The Morgan fingerprint density at radius 3 is 2.55 bits per heavy atom. The predicted octanol–water partition coefficient (Wildman–Crippen LogP) is 0.0948. The van der Waals surface area contributed by atoms with E-state index in [9.17, 15) is 4.79 Å². The lowest BCUT2D eigenvalue weighted by Crippen LogP contribution is -2.30. The van der Waals surface area contributed by atoms with Gasteiger partial charge in [0.15, 0.2) is 0 Å². The fourth-order valence-electron chi connectivity index (χ4n) is 0.642. The molecule has 0 aliphatic heterocycles. The lowest BCUT2D eigenvalue weighted by molar-refractivity contribution is 0.0899. The molecule has 0 bridgehead atoms. The van der Waals surface area contributed by atoms with E-state index in [-0.39, 0.29) is 12.8 Å². The minimum Gasteiger partial charge on any atom is -0.450 e. The van der Waals surface area contributed by atoms with Gasteiger partial charge in [-0.3, -0.25) is 0 Å². The molecule has 0 amide bonds. The van der Waals surface area contributed by atoms with Gasteiger partial charge in [0.25, 0.3) is 0 Å². The molecule has 0 aliphatic rings. The third-order valence-electron chi connectivity index (χ3n) is 1.16. The van der Waals surface area contributed by atoms with Crippen molar-refractivity contribution in [2.45, 2.75) is 25.4 Å². The largest absolute Gasteiger partial charge is 0.505 e. The molecule has 0 aliphatic carbocycles. The number of ether oxygens (including phenoxy) is 1. The van der Waals surface area contributed by atoms with Crippen molar-refractivity contribution in [3.8, 4) is 0 Å². The monoisotopic (exact) mass is 162 g/mol. The van der Waals surface area contributed by atoms with Gasteiger partial charge in [-0.15, -0.1) is 0 Å². The summed E-state index contributed by atoms with van der Waals surface area (Å²) in [5.74, 6) is 0. The summed E-state index contributed by atoms with van der Waals surface area (Å²) in [6.07, 6.45) is 0.632. The zero-order chi connectivity index (χ0) is 8.69. The van der Waals surface area contributed by atoms with E-state index in [1.807, 2.05) is 0 Å². The zero-order valence-electron chi connectivity index (χ0n) is 6.32. The van der Waals surface area contributed by atoms with Gasteiger partial charge in [-0.1, -0.05) is 0 Å². The van der Waals surface area contributed by atoms with E-state index in [1.54, 1.807) is 0 Å². The van der Waals surface area contributed by atoms with Crippen LogP contribution in [0.3, 0.4) is 0 Å². The molecule has 0 rings (SSSR count). The summed E-state index contributed by atoms with van der Waals surface area (Å²) in [5, 5.41) is 8.05. The van der Waals surface area contributed by atoms with Gasteiger partial charge < -0.3 is 21.3 Å². The first-order valence-corrected chi connectivity index (χ1v) is 3.50. The molecule has 0 spiro atoms. The summed E-state index contributed by atoms with van der Waals surface area (Å²) < 4.78 is 4.26. The number of nitrogens with two attached hydrogens (primary N) is 2. The molecule has 0 aromatic heterocycles. The third-order valence-corrected chi connectivity index (χ3v) is 1.16. The second-order valence-corrected chi connectivity index (χ2v) is 2.27. The van der Waals surface area contributed by atoms with Crippen LogP contribution in [0.25, 0.3) is 0 Å². The van der Waals surface area contributed by atoms with Crippen molar-refractivity contribution in [1.29, 1.82) is 0 Å². The molecule has 66 valence electrons. The van der Waals surface area contributed by atoms with Crippen LogP contribution in [-0.4, -0.2) is 24.0 Å². The van der Waals surface area contributed by atoms with Crippen molar-refractivity contribution < 1.29 is 14.6 Å². The highest BCUT2D eigenvalue weighted by Crippen LogP contribution is 1.95. The Morgan fingerprint density at radius 2 is 2.09 bits per heavy atom. The van der Waals surface area contributed by atoms with Crippen molar-refractivity contribution in [3.05, 3.63) is 0 Å². The maximum absolute atomic E-state index is 9.82. The highest BCUT2D eigenvalue weighted by molar-refractivity contribution is 5.56. The van der Waals surface area contributed by atoms with Crippen LogP contribution < -0.4 is 11.5 Å². The van der Waals surface area contributed by atoms with Crippen molar-refractivity contribution in [1.82, 2.24) is 0 Å². The van der Waals surface area contributed by atoms with Gasteiger partial charge in [0, 0.05) is 0 Å². The molecule has 0 aromatic carbocycles. The van der Waals surface area contributed by atoms with Crippen LogP contribution in [0.2, 0.25) is 0 Å². The molecule has 5 heteroatoms. The maximum atomic E-state index is 9.82. The Balaban J connectivity index is 2.97. The second kappa shape index (κ2) is 5.94. The quantitative estimate of drug-likeness (QED) is 0.302. The summed E-state index contributed by atoms with van der Waals surface area (Å²) >= 11 is 0. The van der Waals surface area contributed by atoms with E-state index in [0.29, 0.717) is 12.8 Å². The molecule has 0 saturated heterocycles. The molecule has 0 saturated carbocycles. The van der Waals surface area contributed by atoms with Crippen LogP contribution in [0.1, 0.15) is 19.3 Å². The number of hydrogen-bond acceptors (Lipinski definition) is 4. The fourth-order valence-corrected chi connectivity index (χ4v) is 0.642. The van der Waals surface area contributed by atoms with Crippen molar-refractivity contribution >= 4 is 6.16 Å². The van der Waals surface area contributed by atoms with E-state index >= 15 is 0 Å². The lowest BCUT2D eigenvalue weighted by atomic mass is 10.2. The topological polar surface area (TPSA) is 98.6 Å². The number of unbranched alkanes of at least 4 members (excludes halogenated alkanes) is 1. The first-order chi connectivity index (χ1) is 5.13. The fraction of sp³-hybridized carbons (Fsp3) is 0.833. The molecule has 0 aromatic rings. The molecule has 5 nitrogen and oxygen atoms in total. The normalized spacial score (nSPS) is 10.1. The van der Waals surface area contributed by atoms with Crippen LogP contribution in [-0.2, 0) is 4.74 Å². The predicted molar refractivity (Wildman–Crippen MR) is 40.0 cm³/mol. The maximum Gasteiger partial charge on any atom is 0.505 e. The van der Waals surface area contributed by atoms with Gasteiger partial charge in [0.1, 0.15) is 0 Å². The SMILES string of the molecule is NC(N)CCCCOC(=O)O. The molecule has 0 fully saturated rings. The number of carboxylic acid groups (broad SMARTS) is 1. The van der Waals surface area contributed by atoms with Crippen LogP contribution >= 0.6 is 0 Å². The number of carbonyl (C=O) groups is 1. The van der Waals surface area contributed by atoms with Crippen molar-refractivity contribution in [2.24, 2.45) is 11.5 Å². The molecule has 0 unspecified atom stereocenters. The summed E-state index contributed by atoms with van der Waals surface area (Å²) in [6, 6.07) is 0. The molecule has 0 heterocycles. The Kier molecular flexibility index (Phi) is 5.50. The third kappa shape index (κ3) is 9.19. The minimum atomic E-state index is -1.23. The molecular weight excluding hydrogens is 148 g/mol. The first-order valence-electron chi connectivity index (χ1n) is 3.50. The van der Waals surface area contributed by atoms with Crippen LogP contribution in [0.4, 0.5) is 4.79 Å². The van der Waals surface area contributed by atoms with Crippen molar-refractivity contribution in [2.75, 3.05) is 6.61 Å². The molecule has 11 heavy (non-hydrogen) atoms. The van der Waals surface area contributed by atoms with Crippen LogP contribution in [0, 0.1) is 0 Å². The standard InChI is InChI=1S/C6H14N2O3/c7-5(8)3-1-2-4-11-6(9)10/h5H,1-4,7-8H2,(H,9,10). The highest BCUT2D eigenvalue weighted by Gasteiger charge is 1.97. The molecule has 5 N–H and O–H groups in total. The van der Waals surface area contributed by atoms with Gasteiger partial charge in [-0.25, -0.2) is 4.79 Å². The Labute approximate surface area is 65.3 Å². The molecule has 0 atom stereocenters. The van der Waals surface area contributed by atoms with E-state index < -0.39 is 6.16 Å². The van der Waals surface area contributed by atoms with Gasteiger partial charge in [0.2, 0.25) is 0 Å². The summed E-state index contributed by atoms with van der Waals surface area (Å²) in [6.45, 7) is 0.224. The van der Waals surface area contributed by atoms with E-state index in [4.69, 9.17) is 16.6 Å². The Morgan fingerprint density at radius 1 is 1.45 bits per heavy atom. The number of hydrogen-bond donors (Lipinski definition) is 3. The second-order valence-electron chi connectivity index (χ2n) is 2.27. The highest BCUT2D eigenvalue weighted by atomic mass is 16.7. The van der Waals surface area contributed by atoms with Crippen molar-refractivity contribution in [3.63, 3.8) is 0 Å². The zero-order valence-corrected chi connectivity index (χ0v) is 6.32. The van der Waals surface area contributed by atoms with Gasteiger partial charge in [-0.05, 0) is 19.3 Å². The van der Waals surface area contributed by atoms with Crippen LogP contribution in [0.5, 0.6) is 0 Å². The Hall–Kier alpha value is -0.810. The average molecular weight is 162 g/mol.